The molecule has 8 nitrogen and oxygen atoms in total. The first-order chi connectivity index (χ1) is 20.9. The molecule has 224 valence electrons. The van der Waals surface area contributed by atoms with Gasteiger partial charge in [-0.05, 0) is 97.5 Å². The standard InChI is InChI=1S/C34H39N5O3S/c1-6-26-19-38(20-29-31(42-26)12-9-21(4)35-29)18-25-16-24(15-23-13-14-43-34(23)25)28(17-32(40)41-8-3)27-10-11-30-33(22(27)5)36-37-39(30)7-2/h9-16,26,28H,6-8,17-20H2,1-5H3/t26-,28?/m1/s1. The maximum Gasteiger partial charge on any atom is 0.306 e. The zero-order valence-corrected chi connectivity index (χ0v) is 26.4. The highest BCUT2D eigenvalue weighted by atomic mass is 32.1. The van der Waals surface area contributed by atoms with E-state index in [4.69, 9.17) is 14.5 Å². The van der Waals surface area contributed by atoms with Crippen LogP contribution in [0.4, 0.5) is 0 Å². The van der Waals surface area contributed by atoms with Crippen molar-refractivity contribution < 1.29 is 14.3 Å². The molecule has 1 aliphatic heterocycles. The van der Waals surface area contributed by atoms with E-state index in [2.05, 4.69) is 77.8 Å². The fourth-order valence-corrected chi connectivity index (χ4v) is 7.15. The van der Waals surface area contributed by atoms with Gasteiger partial charge in [0.25, 0.3) is 0 Å². The van der Waals surface area contributed by atoms with Crippen LogP contribution >= 0.6 is 11.3 Å². The maximum atomic E-state index is 13.0. The number of thiophene rings is 1. The number of ether oxygens (including phenoxy) is 2. The third-order valence-corrected chi connectivity index (χ3v) is 9.44. The topological polar surface area (TPSA) is 82.4 Å². The van der Waals surface area contributed by atoms with E-state index in [1.54, 1.807) is 11.3 Å². The number of fused-ring (bicyclic) bond motifs is 3. The Balaban J connectivity index is 1.42. The largest absolute Gasteiger partial charge is 0.487 e. The molecule has 0 saturated heterocycles. The number of rotatable bonds is 9. The van der Waals surface area contributed by atoms with E-state index in [1.807, 2.05) is 24.6 Å². The molecular formula is C34H39N5O3S. The zero-order chi connectivity index (χ0) is 30.1. The highest BCUT2D eigenvalue weighted by molar-refractivity contribution is 7.17. The molecular weight excluding hydrogens is 558 g/mol. The lowest BCUT2D eigenvalue weighted by Gasteiger charge is -2.25. The summed E-state index contributed by atoms with van der Waals surface area (Å²) < 4.78 is 15.0. The number of aromatic nitrogens is 4. The van der Waals surface area contributed by atoms with Crippen LogP contribution < -0.4 is 4.74 Å². The Labute approximate surface area is 256 Å². The van der Waals surface area contributed by atoms with Gasteiger partial charge < -0.3 is 9.47 Å². The number of pyridine rings is 1. The Kier molecular flexibility index (Phi) is 8.45. The van der Waals surface area contributed by atoms with Gasteiger partial charge in [0.15, 0.2) is 0 Å². The number of hydrogen-bond donors (Lipinski definition) is 0. The Morgan fingerprint density at radius 1 is 1.14 bits per heavy atom. The molecule has 0 bridgehead atoms. The summed E-state index contributed by atoms with van der Waals surface area (Å²) >= 11 is 1.76. The summed E-state index contributed by atoms with van der Waals surface area (Å²) in [5.74, 6) is 0.499. The van der Waals surface area contributed by atoms with Crippen molar-refractivity contribution in [1.29, 1.82) is 0 Å². The molecule has 0 radical (unpaired) electrons. The molecule has 0 fully saturated rings. The van der Waals surface area contributed by atoms with Crippen LogP contribution in [0, 0.1) is 13.8 Å². The molecule has 3 aromatic heterocycles. The lowest BCUT2D eigenvalue weighted by atomic mass is 9.84. The van der Waals surface area contributed by atoms with E-state index in [0.717, 1.165) is 77.5 Å². The zero-order valence-electron chi connectivity index (χ0n) is 25.6. The molecule has 4 heterocycles. The third kappa shape index (κ3) is 5.88. The molecule has 6 rings (SSSR count). The molecule has 5 aromatic rings. The third-order valence-electron chi connectivity index (χ3n) is 8.44. The van der Waals surface area contributed by atoms with Crippen molar-refractivity contribution >= 4 is 38.4 Å². The second kappa shape index (κ2) is 12.4. The summed E-state index contributed by atoms with van der Waals surface area (Å²) in [5.41, 5.74) is 8.34. The summed E-state index contributed by atoms with van der Waals surface area (Å²) in [4.78, 5) is 20.3. The fourth-order valence-electron chi connectivity index (χ4n) is 6.26. The monoisotopic (exact) mass is 597 g/mol. The Bertz CT molecular complexity index is 1780. The van der Waals surface area contributed by atoms with Gasteiger partial charge in [-0.25, -0.2) is 4.68 Å². The highest BCUT2D eigenvalue weighted by Crippen LogP contribution is 2.38. The summed E-state index contributed by atoms with van der Waals surface area (Å²) in [7, 11) is 0. The fraction of sp³-hybridized carbons (Fsp3) is 0.412. The molecule has 9 heteroatoms. The summed E-state index contributed by atoms with van der Waals surface area (Å²) in [5, 5.41) is 12.2. The SMILES string of the molecule is CCOC(=O)CC(c1cc(CN2Cc3nc(C)ccc3O[C@H](CC)C2)c2sccc2c1)c1ccc2c(nnn2CC)c1C. The van der Waals surface area contributed by atoms with Crippen LogP contribution in [-0.4, -0.2) is 50.1 Å². The Hall–Kier alpha value is -3.82. The van der Waals surface area contributed by atoms with Crippen LogP contribution in [-0.2, 0) is 29.2 Å². The minimum atomic E-state index is -0.204. The second-order valence-electron chi connectivity index (χ2n) is 11.3. The minimum Gasteiger partial charge on any atom is -0.487 e. The average molecular weight is 598 g/mol. The van der Waals surface area contributed by atoms with Crippen molar-refractivity contribution in [3.05, 3.63) is 81.5 Å². The van der Waals surface area contributed by atoms with Gasteiger partial charge in [0.1, 0.15) is 17.4 Å². The number of benzene rings is 2. The first-order valence-corrected chi connectivity index (χ1v) is 16.1. The van der Waals surface area contributed by atoms with Gasteiger partial charge >= 0.3 is 5.97 Å². The number of aryl methyl sites for hydroxylation is 3. The molecule has 2 atom stereocenters. The number of esters is 1. The summed E-state index contributed by atoms with van der Waals surface area (Å²) in [6.07, 6.45) is 1.27. The highest BCUT2D eigenvalue weighted by Gasteiger charge is 2.27. The van der Waals surface area contributed by atoms with Crippen LogP contribution in [0.2, 0.25) is 0 Å². The first-order valence-electron chi connectivity index (χ1n) is 15.2. The van der Waals surface area contributed by atoms with Crippen molar-refractivity contribution in [2.45, 2.75) is 79.1 Å². The van der Waals surface area contributed by atoms with Gasteiger partial charge in [0, 0.05) is 42.5 Å². The minimum absolute atomic E-state index is 0.0928. The lowest BCUT2D eigenvalue weighted by molar-refractivity contribution is -0.143. The molecule has 1 unspecified atom stereocenters. The van der Waals surface area contributed by atoms with Gasteiger partial charge in [-0.2, -0.15) is 0 Å². The van der Waals surface area contributed by atoms with Crippen molar-refractivity contribution in [3.63, 3.8) is 0 Å². The van der Waals surface area contributed by atoms with Crippen molar-refractivity contribution in [2.75, 3.05) is 13.2 Å². The second-order valence-corrected chi connectivity index (χ2v) is 12.3. The smallest absolute Gasteiger partial charge is 0.306 e. The Morgan fingerprint density at radius 3 is 2.79 bits per heavy atom. The maximum absolute atomic E-state index is 13.0. The molecule has 0 N–H and O–H groups in total. The van der Waals surface area contributed by atoms with Crippen LogP contribution in [0.25, 0.3) is 21.1 Å². The molecule has 2 aromatic carbocycles. The first kappa shape index (κ1) is 29.3. The normalized spacial score (nSPS) is 16.2. The van der Waals surface area contributed by atoms with E-state index in [0.29, 0.717) is 6.61 Å². The van der Waals surface area contributed by atoms with Gasteiger partial charge in [-0.3, -0.25) is 14.7 Å². The Morgan fingerprint density at radius 2 is 2.00 bits per heavy atom. The number of carbonyl (C=O) groups is 1. The van der Waals surface area contributed by atoms with E-state index in [-0.39, 0.29) is 24.4 Å². The van der Waals surface area contributed by atoms with Crippen molar-refractivity contribution in [3.8, 4) is 5.75 Å². The van der Waals surface area contributed by atoms with E-state index >= 15 is 0 Å². The molecule has 1 aliphatic rings. The van der Waals surface area contributed by atoms with E-state index in [1.165, 1.54) is 15.6 Å². The summed E-state index contributed by atoms with van der Waals surface area (Å²) in [6, 6.07) is 15.0. The van der Waals surface area contributed by atoms with E-state index in [9.17, 15) is 4.79 Å². The molecule has 0 saturated carbocycles. The van der Waals surface area contributed by atoms with Gasteiger partial charge in [-0.15, -0.1) is 16.4 Å². The van der Waals surface area contributed by atoms with Crippen molar-refractivity contribution in [1.82, 2.24) is 24.9 Å². The predicted molar refractivity (Wildman–Crippen MR) is 171 cm³/mol. The number of carbonyl (C=O) groups excluding carboxylic acids is 1. The van der Waals surface area contributed by atoms with Gasteiger partial charge in [-0.1, -0.05) is 24.3 Å². The average Bonchev–Trinajstić information content (AvgIpc) is 3.61. The number of hydrogen-bond acceptors (Lipinski definition) is 8. The molecule has 0 aliphatic carbocycles. The van der Waals surface area contributed by atoms with Crippen LogP contribution in [0.15, 0.2) is 47.8 Å². The predicted octanol–water partition coefficient (Wildman–Crippen LogP) is 6.94. The van der Waals surface area contributed by atoms with Crippen LogP contribution in [0.3, 0.4) is 0 Å². The summed E-state index contributed by atoms with van der Waals surface area (Å²) in [6.45, 7) is 13.6. The molecule has 0 spiro atoms. The van der Waals surface area contributed by atoms with Crippen molar-refractivity contribution in [2.24, 2.45) is 0 Å². The quantitative estimate of drug-likeness (QED) is 0.170. The molecule has 0 amide bonds. The van der Waals surface area contributed by atoms with Gasteiger partial charge in [0.2, 0.25) is 0 Å². The van der Waals surface area contributed by atoms with Crippen LogP contribution in [0.1, 0.15) is 73.2 Å². The molecule has 43 heavy (non-hydrogen) atoms. The van der Waals surface area contributed by atoms with E-state index < -0.39 is 0 Å². The number of nitrogens with zero attached hydrogens (tertiary/aromatic N) is 5. The van der Waals surface area contributed by atoms with Gasteiger partial charge in [0.05, 0.1) is 24.2 Å². The lowest BCUT2D eigenvalue weighted by Crippen LogP contribution is -2.32. The van der Waals surface area contributed by atoms with Crippen LogP contribution in [0.5, 0.6) is 5.75 Å².